The molecule has 0 saturated carbocycles. The first-order valence-corrected chi connectivity index (χ1v) is 12.0. The Kier molecular flexibility index (Phi) is 9.49. The summed E-state index contributed by atoms with van der Waals surface area (Å²) in [5.74, 6) is 1.19. The number of nitrogens with two attached hydrogens (primary N) is 1. The van der Waals surface area contributed by atoms with E-state index in [4.69, 9.17) is 30.3 Å². The molecule has 0 bridgehead atoms. The molecule has 13 heteroatoms. The van der Waals surface area contributed by atoms with E-state index >= 15 is 0 Å². The van der Waals surface area contributed by atoms with E-state index in [1.807, 2.05) is 13.0 Å². The molecule has 1 aromatic carbocycles. The third kappa shape index (κ3) is 5.85. The minimum absolute atomic E-state index is 0.250. The van der Waals surface area contributed by atoms with Crippen molar-refractivity contribution >= 4 is 52.0 Å². The number of rotatable bonds is 5. The molecule has 1 saturated heterocycles. The number of nitrogen functional groups attached to an aromatic ring is 1. The number of carboxylic acid groups (broad SMARTS) is 2. The lowest BCUT2D eigenvalue weighted by Gasteiger charge is -2.27. The summed E-state index contributed by atoms with van der Waals surface area (Å²) in [6, 6.07) is 6.24. The minimum atomic E-state index is -0.250. The number of carbonyl (C=O) groups is 3. The zero-order chi connectivity index (χ0) is 26.9. The minimum Gasteiger partial charge on any atom is -0.495 e. The van der Waals surface area contributed by atoms with E-state index < -0.39 is 0 Å². The summed E-state index contributed by atoms with van der Waals surface area (Å²) in [6.07, 6.45) is 2.37. The van der Waals surface area contributed by atoms with Crippen LogP contribution in [0.2, 0.25) is 0 Å². The monoisotopic (exact) mass is 528 g/mol. The number of hydrogen-bond acceptors (Lipinski definition) is 10. The van der Waals surface area contributed by atoms with E-state index in [1.165, 1.54) is 6.33 Å². The predicted octanol–water partition coefficient (Wildman–Crippen LogP) is 2.13. The van der Waals surface area contributed by atoms with Crippen LogP contribution in [0.4, 0.5) is 5.82 Å². The Bertz CT molecular complexity index is 1390. The van der Waals surface area contributed by atoms with Gasteiger partial charge in [0.15, 0.2) is 12.1 Å². The van der Waals surface area contributed by atoms with Crippen molar-refractivity contribution < 1.29 is 29.3 Å². The number of ether oxygens (including phenoxy) is 1. The first kappa shape index (κ1) is 27.5. The fourth-order valence-electron chi connectivity index (χ4n) is 4.34. The van der Waals surface area contributed by atoms with Gasteiger partial charge < -0.3 is 26.0 Å². The Morgan fingerprint density at radius 2 is 1.84 bits per heavy atom. The number of fused-ring (bicyclic) bond motifs is 2. The van der Waals surface area contributed by atoms with Crippen LogP contribution in [0.15, 0.2) is 24.5 Å². The highest BCUT2D eigenvalue weighted by molar-refractivity contribution is 7.22. The summed E-state index contributed by atoms with van der Waals surface area (Å²) >= 11 is 1.59. The molecule has 196 valence electrons. The SMILES string of the molecule is COc1cc(C)cc2cc(-c3c(C=O)c(CN4CCNCC4)n4ncnc(N)c34)sc12.O=CO.O=CO. The summed E-state index contributed by atoms with van der Waals surface area (Å²) in [4.78, 5) is 36.6. The van der Waals surface area contributed by atoms with Gasteiger partial charge in [0.1, 0.15) is 17.6 Å². The molecule has 12 nitrogen and oxygen atoms in total. The predicted molar refractivity (Wildman–Crippen MR) is 140 cm³/mol. The maximum absolute atomic E-state index is 12.4. The lowest BCUT2D eigenvalue weighted by molar-refractivity contribution is -0.123. The molecular formula is C24H28N6O6S. The highest BCUT2D eigenvalue weighted by Gasteiger charge is 2.26. The zero-order valence-electron chi connectivity index (χ0n) is 20.4. The Morgan fingerprint density at radius 1 is 1.16 bits per heavy atom. The van der Waals surface area contributed by atoms with Crippen molar-refractivity contribution in [3.63, 3.8) is 0 Å². The zero-order valence-corrected chi connectivity index (χ0v) is 21.2. The second-order valence-corrected chi connectivity index (χ2v) is 9.04. The number of nitrogens with one attached hydrogen (secondary N) is 1. The molecule has 5 rings (SSSR count). The fraction of sp³-hybridized carbons (Fsp3) is 0.292. The van der Waals surface area contributed by atoms with Crippen LogP contribution in [-0.4, -0.2) is 82.2 Å². The number of thiophene rings is 1. The van der Waals surface area contributed by atoms with Gasteiger partial charge in [-0.2, -0.15) is 5.10 Å². The molecule has 3 aromatic heterocycles. The molecule has 37 heavy (non-hydrogen) atoms. The van der Waals surface area contributed by atoms with Crippen LogP contribution in [0.25, 0.3) is 26.0 Å². The summed E-state index contributed by atoms with van der Waals surface area (Å²) < 4.78 is 8.43. The molecule has 0 amide bonds. The molecule has 1 aliphatic heterocycles. The van der Waals surface area contributed by atoms with Gasteiger partial charge in [-0.15, -0.1) is 11.3 Å². The Balaban J connectivity index is 0.000000580. The molecule has 0 spiro atoms. The van der Waals surface area contributed by atoms with Crippen LogP contribution in [0.5, 0.6) is 5.75 Å². The Labute approximate surface area is 216 Å². The van der Waals surface area contributed by atoms with E-state index in [-0.39, 0.29) is 12.9 Å². The molecule has 4 heterocycles. The standard InChI is InChI=1S/C22H24N6O2S.2CH2O2/c1-13-7-14-9-18(31-21(14)17(8-13)30-2)19-15(11-29)16(10-27-5-3-24-4-6-27)28-20(19)22(23)25-12-26-28;2*2-1-3/h7-9,11-12,24H,3-6,10H2,1-2H3,(H2,23,25,26);2*1H,(H,2,3). The Hall–Kier alpha value is -4.07. The lowest BCUT2D eigenvalue weighted by atomic mass is 10.1. The number of benzene rings is 1. The number of aldehydes is 1. The second kappa shape index (κ2) is 12.8. The quantitative estimate of drug-likeness (QED) is 0.280. The molecule has 0 atom stereocenters. The van der Waals surface area contributed by atoms with Crippen molar-refractivity contribution in [2.75, 3.05) is 39.0 Å². The highest BCUT2D eigenvalue weighted by atomic mass is 32.1. The number of hydrogen-bond donors (Lipinski definition) is 4. The first-order chi connectivity index (χ1) is 17.9. The smallest absolute Gasteiger partial charge is 0.290 e. The number of methoxy groups -OCH3 is 1. The maximum Gasteiger partial charge on any atom is 0.290 e. The molecule has 1 aliphatic rings. The lowest BCUT2D eigenvalue weighted by Crippen LogP contribution is -2.43. The number of aryl methyl sites for hydroxylation is 1. The molecule has 0 radical (unpaired) electrons. The normalized spacial score (nSPS) is 13.2. The summed E-state index contributed by atoms with van der Waals surface area (Å²) in [5.41, 5.74) is 10.4. The molecular weight excluding hydrogens is 500 g/mol. The van der Waals surface area contributed by atoms with Gasteiger partial charge in [-0.05, 0) is 30.0 Å². The van der Waals surface area contributed by atoms with Crippen LogP contribution in [0.3, 0.4) is 0 Å². The van der Waals surface area contributed by atoms with E-state index in [0.29, 0.717) is 23.4 Å². The number of anilines is 1. The number of nitrogens with zero attached hydrogens (tertiary/aromatic N) is 4. The summed E-state index contributed by atoms with van der Waals surface area (Å²) in [6.45, 7) is 5.86. The van der Waals surface area contributed by atoms with Crippen molar-refractivity contribution in [1.29, 1.82) is 0 Å². The van der Waals surface area contributed by atoms with Gasteiger partial charge in [0.2, 0.25) is 0 Å². The van der Waals surface area contributed by atoms with Gasteiger partial charge >= 0.3 is 0 Å². The van der Waals surface area contributed by atoms with E-state index in [1.54, 1.807) is 23.0 Å². The summed E-state index contributed by atoms with van der Waals surface area (Å²) in [5, 5.41) is 22.7. The number of piperazine rings is 1. The van der Waals surface area contributed by atoms with E-state index in [2.05, 4.69) is 32.4 Å². The van der Waals surface area contributed by atoms with Crippen LogP contribution in [0.1, 0.15) is 21.6 Å². The van der Waals surface area contributed by atoms with Crippen LogP contribution < -0.4 is 15.8 Å². The van der Waals surface area contributed by atoms with E-state index in [9.17, 15) is 4.79 Å². The third-order valence-electron chi connectivity index (χ3n) is 5.78. The highest BCUT2D eigenvalue weighted by Crippen LogP contribution is 2.43. The fourth-order valence-corrected chi connectivity index (χ4v) is 5.53. The van der Waals surface area contributed by atoms with Crippen LogP contribution in [-0.2, 0) is 16.1 Å². The average Bonchev–Trinajstić information content (AvgIpc) is 3.44. The maximum atomic E-state index is 12.4. The second-order valence-electron chi connectivity index (χ2n) is 7.99. The number of carbonyl (C=O) groups excluding carboxylic acids is 1. The van der Waals surface area contributed by atoms with Gasteiger partial charge in [-0.25, -0.2) is 9.50 Å². The molecule has 1 fully saturated rings. The molecule has 0 aliphatic carbocycles. The summed E-state index contributed by atoms with van der Waals surface area (Å²) in [7, 11) is 1.68. The van der Waals surface area contributed by atoms with Gasteiger partial charge in [-0.3, -0.25) is 19.3 Å². The topological polar surface area (TPSA) is 172 Å². The molecule has 4 aromatic rings. The van der Waals surface area contributed by atoms with Crippen molar-refractivity contribution in [2.24, 2.45) is 0 Å². The first-order valence-electron chi connectivity index (χ1n) is 11.2. The third-order valence-corrected chi connectivity index (χ3v) is 6.97. The van der Waals surface area contributed by atoms with Gasteiger partial charge in [0.25, 0.3) is 12.9 Å². The van der Waals surface area contributed by atoms with Crippen LogP contribution in [0, 0.1) is 6.92 Å². The largest absolute Gasteiger partial charge is 0.495 e. The van der Waals surface area contributed by atoms with Crippen molar-refractivity contribution in [3.05, 3.63) is 41.3 Å². The average molecular weight is 529 g/mol. The van der Waals surface area contributed by atoms with Crippen molar-refractivity contribution in [1.82, 2.24) is 24.8 Å². The van der Waals surface area contributed by atoms with Crippen molar-refractivity contribution in [2.45, 2.75) is 13.5 Å². The molecule has 5 N–H and O–H groups in total. The van der Waals surface area contributed by atoms with Gasteiger partial charge in [0.05, 0.1) is 17.5 Å². The van der Waals surface area contributed by atoms with Crippen LogP contribution >= 0.6 is 11.3 Å². The van der Waals surface area contributed by atoms with Gasteiger partial charge in [-0.1, -0.05) is 6.07 Å². The van der Waals surface area contributed by atoms with Gasteiger partial charge in [0, 0.05) is 48.7 Å². The number of aromatic nitrogens is 3. The molecule has 0 unspecified atom stereocenters. The Morgan fingerprint density at radius 3 is 2.46 bits per heavy atom. The van der Waals surface area contributed by atoms with E-state index in [0.717, 1.165) is 70.0 Å². The van der Waals surface area contributed by atoms with Crippen molar-refractivity contribution in [3.8, 4) is 16.2 Å².